The SMILES string of the molecule is COc1cc(-c2nccc(-c3cccc(-c4ccc(CNC5CCN(C(C)=O)CC5)c(OC)n4)c3C(F)(F)F)c2Cl)ccc1CNC1CCN(C(C)=O)CC1. The van der Waals surface area contributed by atoms with Crippen molar-refractivity contribution in [2.45, 2.75) is 70.9 Å². The van der Waals surface area contributed by atoms with E-state index in [1.165, 1.54) is 31.5 Å². The van der Waals surface area contributed by atoms with E-state index < -0.39 is 11.7 Å². The molecule has 4 aromatic rings. The third-order valence-corrected chi connectivity index (χ3v) is 10.9. The summed E-state index contributed by atoms with van der Waals surface area (Å²) in [4.78, 5) is 36.1. The number of rotatable bonds is 11. The van der Waals surface area contributed by atoms with Crippen LogP contribution in [-0.4, -0.2) is 84.1 Å². The van der Waals surface area contributed by atoms with E-state index in [0.29, 0.717) is 61.8 Å². The van der Waals surface area contributed by atoms with Gasteiger partial charge in [-0.25, -0.2) is 4.98 Å². The number of nitrogens with one attached hydrogen (secondary N) is 2. The van der Waals surface area contributed by atoms with Gasteiger partial charge < -0.3 is 29.9 Å². The van der Waals surface area contributed by atoms with Gasteiger partial charge in [-0.2, -0.15) is 13.2 Å². The number of ether oxygens (including phenoxy) is 2. The first-order valence-electron chi connectivity index (χ1n) is 18.4. The van der Waals surface area contributed by atoms with Crippen LogP contribution in [0.4, 0.5) is 13.2 Å². The summed E-state index contributed by atoms with van der Waals surface area (Å²) in [5.41, 5.74) is 1.70. The predicted octanol–water partition coefficient (Wildman–Crippen LogP) is 7.37. The molecule has 0 aliphatic carbocycles. The Hall–Kier alpha value is -4.72. The quantitative estimate of drug-likeness (QED) is 0.163. The number of hydrogen-bond acceptors (Lipinski definition) is 8. The molecule has 14 heteroatoms. The van der Waals surface area contributed by atoms with Gasteiger partial charge in [0.05, 0.1) is 36.2 Å². The highest BCUT2D eigenvalue weighted by Gasteiger charge is 2.38. The molecule has 2 aliphatic rings. The molecule has 2 aliphatic heterocycles. The molecule has 2 amide bonds. The summed E-state index contributed by atoms with van der Waals surface area (Å²) in [7, 11) is 3.01. The fourth-order valence-corrected chi connectivity index (χ4v) is 7.75. The zero-order valence-electron chi connectivity index (χ0n) is 31.4. The summed E-state index contributed by atoms with van der Waals surface area (Å²) >= 11 is 6.95. The van der Waals surface area contributed by atoms with Gasteiger partial charge in [-0.3, -0.25) is 14.6 Å². The zero-order chi connectivity index (χ0) is 39.3. The number of pyridine rings is 2. The Kier molecular flexibility index (Phi) is 12.6. The van der Waals surface area contributed by atoms with Crippen molar-refractivity contribution in [3.05, 3.63) is 82.5 Å². The van der Waals surface area contributed by atoms with E-state index in [-0.39, 0.29) is 57.2 Å². The standard InChI is InChI=1S/C41H46ClF3N6O4/c1-25(52)50-18-13-30(14-19-50)47-23-28-9-8-27(22-36(28)54-3)39-38(42)33(12-17-46-39)32-6-5-7-34(37(32)41(43,44)45)35-11-10-29(40(49-35)55-4)24-48-31-15-20-51(21-16-31)26(2)53/h5-12,17,22,30-31,47-48H,13-16,18-21,23-24H2,1-4H3. The maximum Gasteiger partial charge on any atom is 0.417 e. The third-order valence-electron chi connectivity index (χ3n) is 10.5. The Labute approximate surface area is 324 Å². The molecule has 55 heavy (non-hydrogen) atoms. The molecule has 0 spiro atoms. The van der Waals surface area contributed by atoms with Crippen molar-refractivity contribution in [3.63, 3.8) is 0 Å². The number of alkyl halides is 3. The lowest BCUT2D eigenvalue weighted by atomic mass is 9.92. The predicted molar refractivity (Wildman–Crippen MR) is 206 cm³/mol. The maximum absolute atomic E-state index is 15.1. The minimum atomic E-state index is -4.76. The van der Waals surface area contributed by atoms with Gasteiger partial charge in [0, 0.05) is 99.2 Å². The third kappa shape index (κ3) is 9.22. The molecule has 2 saturated heterocycles. The van der Waals surface area contributed by atoms with Crippen molar-refractivity contribution < 1.29 is 32.2 Å². The summed E-state index contributed by atoms with van der Waals surface area (Å²) in [6.07, 6.45) is -0.00678. The summed E-state index contributed by atoms with van der Waals surface area (Å²) in [6, 6.07) is 15.1. The first kappa shape index (κ1) is 40.0. The Morgan fingerprint density at radius 2 is 1.38 bits per heavy atom. The minimum Gasteiger partial charge on any atom is -0.496 e. The lowest BCUT2D eigenvalue weighted by Gasteiger charge is -2.32. The van der Waals surface area contributed by atoms with E-state index in [0.717, 1.165) is 31.2 Å². The van der Waals surface area contributed by atoms with E-state index >= 15 is 13.2 Å². The molecular weight excluding hydrogens is 733 g/mol. The van der Waals surface area contributed by atoms with Crippen LogP contribution in [0.5, 0.6) is 11.6 Å². The van der Waals surface area contributed by atoms with Gasteiger partial charge in [0.25, 0.3) is 0 Å². The van der Waals surface area contributed by atoms with Crippen LogP contribution >= 0.6 is 11.6 Å². The first-order valence-corrected chi connectivity index (χ1v) is 18.8. The number of likely N-dealkylation sites (tertiary alicyclic amines) is 2. The van der Waals surface area contributed by atoms with Crippen LogP contribution in [-0.2, 0) is 28.9 Å². The number of nitrogens with zero attached hydrogens (tertiary/aromatic N) is 4. The van der Waals surface area contributed by atoms with Crippen LogP contribution in [0.3, 0.4) is 0 Å². The highest BCUT2D eigenvalue weighted by molar-refractivity contribution is 6.35. The van der Waals surface area contributed by atoms with Crippen molar-refractivity contribution in [1.82, 2.24) is 30.4 Å². The molecule has 2 aromatic carbocycles. The van der Waals surface area contributed by atoms with Crippen LogP contribution < -0.4 is 20.1 Å². The smallest absolute Gasteiger partial charge is 0.417 e. The molecule has 0 unspecified atom stereocenters. The molecule has 292 valence electrons. The molecule has 10 nitrogen and oxygen atoms in total. The molecular formula is C41H46ClF3N6O4. The Balaban J connectivity index is 1.25. The van der Waals surface area contributed by atoms with Gasteiger partial charge >= 0.3 is 6.18 Å². The van der Waals surface area contributed by atoms with Gasteiger partial charge in [0.1, 0.15) is 5.75 Å². The number of benzene rings is 2. The molecule has 2 fully saturated rings. The van der Waals surface area contributed by atoms with Crippen LogP contribution in [0.15, 0.2) is 60.8 Å². The molecule has 0 bridgehead atoms. The summed E-state index contributed by atoms with van der Waals surface area (Å²) in [6.45, 7) is 6.86. The fourth-order valence-electron chi connectivity index (χ4n) is 7.42. The van der Waals surface area contributed by atoms with Gasteiger partial charge in [-0.05, 0) is 49.4 Å². The highest BCUT2D eigenvalue weighted by Crippen LogP contribution is 2.46. The number of methoxy groups -OCH3 is 2. The van der Waals surface area contributed by atoms with Crippen LogP contribution in [0.25, 0.3) is 33.6 Å². The zero-order valence-corrected chi connectivity index (χ0v) is 32.2. The van der Waals surface area contributed by atoms with Crippen molar-refractivity contribution >= 4 is 23.4 Å². The second-order valence-corrected chi connectivity index (χ2v) is 14.3. The molecule has 2 N–H and O–H groups in total. The van der Waals surface area contributed by atoms with E-state index in [2.05, 4.69) is 20.6 Å². The second-order valence-electron chi connectivity index (χ2n) is 14.0. The maximum atomic E-state index is 15.1. The molecule has 0 atom stereocenters. The number of carbonyl (C=O) groups is 2. The van der Waals surface area contributed by atoms with E-state index in [9.17, 15) is 9.59 Å². The number of halogens is 4. The Morgan fingerprint density at radius 3 is 1.95 bits per heavy atom. The number of aromatic nitrogens is 2. The molecule has 6 rings (SSSR count). The summed E-state index contributed by atoms with van der Waals surface area (Å²) in [5.74, 6) is 0.954. The average Bonchev–Trinajstić information content (AvgIpc) is 3.19. The monoisotopic (exact) mass is 778 g/mol. The van der Waals surface area contributed by atoms with E-state index in [4.69, 9.17) is 21.1 Å². The van der Waals surface area contributed by atoms with Crippen LogP contribution in [0.2, 0.25) is 5.02 Å². The van der Waals surface area contributed by atoms with Crippen molar-refractivity contribution in [3.8, 4) is 45.3 Å². The molecule has 2 aromatic heterocycles. The van der Waals surface area contributed by atoms with Crippen LogP contribution in [0.1, 0.15) is 56.2 Å². The van der Waals surface area contributed by atoms with Crippen LogP contribution in [0, 0.1) is 0 Å². The first-order chi connectivity index (χ1) is 26.4. The van der Waals surface area contributed by atoms with Crippen molar-refractivity contribution in [2.75, 3.05) is 40.4 Å². The molecule has 4 heterocycles. The molecule has 0 radical (unpaired) electrons. The Morgan fingerprint density at radius 1 is 0.800 bits per heavy atom. The summed E-state index contributed by atoms with van der Waals surface area (Å²) in [5, 5.41) is 7.10. The summed E-state index contributed by atoms with van der Waals surface area (Å²) < 4.78 is 56.6. The van der Waals surface area contributed by atoms with E-state index in [1.807, 2.05) is 21.9 Å². The topological polar surface area (TPSA) is 109 Å². The lowest BCUT2D eigenvalue weighted by Crippen LogP contribution is -2.44. The van der Waals surface area contributed by atoms with Gasteiger partial charge in [-0.1, -0.05) is 48.0 Å². The van der Waals surface area contributed by atoms with Crippen molar-refractivity contribution in [1.29, 1.82) is 0 Å². The fraction of sp³-hybridized carbons (Fsp3) is 0.415. The highest BCUT2D eigenvalue weighted by atomic mass is 35.5. The largest absolute Gasteiger partial charge is 0.496 e. The average molecular weight is 779 g/mol. The number of amides is 2. The normalized spacial score (nSPS) is 15.6. The van der Waals surface area contributed by atoms with Gasteiger partial charge in [-0.15, -0.1) is 0 Å². The minimum absolute atomic E-state index is 0.0594. The van der Waals surface area contributed by atoms with E-state index in [1.54, 1.807) is 45.2 Å². The van der Waals surface area contributed by atoms with Gasteiger partial charge in [0.15, 0.2) is 0 Å². The van der Waals surface area contributed by atoms with Crippen molar-refractivity contribution in [2.24, 2.45) is 0 Å². The number of hydrogen-bond donors (Lipinski definition) is 2. The van der Waals surface area contributed by atoms with Gasteiger partial charge in [0.2, 0.25) is 17.7 Å². The lowest BCUT2D eigenvalue weighted by molar-refractivity contribution is -0.136. The number of carbonyl (C=O) groups excluding carboxylic acids is 2. The molecule has 0 saturated carbocycles. The second kappa shape index (κ2) is 17.4. The number of piperidine rings is 2. The Bertz CT molecular complexity index is 2010.